The molecule has 0 bridgehead atoms. The van der Waals surface area contributed by atoms with Crippen molar-refractivity contribution in [2.75, 3.05) is 6.61 Å². The molecule has 3 aromatic rings. The zero-order valence-electron chi connectivity index (χ0n) is 20.2. The predicted molar refractivity (Wildman–Crippen MR) is 141 cm³/mol. The summed E-state index contributed by atoms with van der Waals surface area (Å²) in [5, 5.41) is 11.1. The van der Waals surface area contributed by atoms with E-state index in [1.807, 2.05) is 91.0 Å². The Hall–Kier alpha value is -3.02. The quantitative estimate of drug-likeness (QED) is 0.255. The first-order chi connectivity index (χ1) is 17.2. The maximum atomic E-state index is 11.1. The Bertz CT molecular complexity index is 975. The fourth-order valence-electron chi connectivity index (χ4n) is 3.95. The topological polar surface area (TPSA) is 47.9 Å². The molecule has 0 aliphatic rings. The van der Waals surface area contributed by atoms with Gasteiger partial charge in [0.25, 0.3) is 0 Å². The van der Waals surface area contributed by atoms with Gasteiger partial charge in [-0.3, -0.25) is 0 Å². The summed E-state index contributed by atoms with van der Waals surface area (Å²) in [5.74, 6) is -0.348. The SMILES string of the molecule is C=CC[C@@H](O)[C@H](COCc1ccccc1)[C@@H](OCc1ccccc1)[C@@H](C=C)OCc1ccccc1. The van der Waals surface area contributed by atoms with E-state index in [0.29, 0.717) is 32.8 Å². The van der Waals surface area contributed by atoms with Crippen molar-refractivity contribution >= 4 is 0 Å². The minimum absolute atomic E-state index is 0.308. The smallest absolute Gasteiger partial charge is 0.102 e. The van der Waals surface area contributed by atoms with Crippen LogP contribution >= 0.6 is 0 Å². The van der Waals surface area contributed by atoms with Gasteiger partial charge >= 0.3 is 0 Å². The molecule has 3 aromatic carbocycles. The second kappa shape index (κ2) is 15.1. The Balaban J connectivity index is 1.78. The number of aliphatic hydroxyl groups is 1. The van der Waals surface area contributed by atoms with E-state index in [0.717, 1.165) is 16.7 Å². The number of benzene rings is 3. The van der Waals surface area contributed by atoms with Crippen LogP contribution in [0, 0.1) is 5.92 Å². The largest absolute Gasteiger partial charge is 0.392 e. The summed E-state index contributed by atoms with van der Waals surface area (Å²) in [6.07, 6.45) is 2.28. The van der Waals surface area contributed by atoms with E-state index in [1.165, 1.54) is 0 Å². The van der Waals surface area contributed by atoms with Gasteiger partial charge in [-0.2, -0.15) is 0 Å². The Morgan fingerprint density at radius 1 is 0.686 bits per heavy atom. The highest BCUT2D eigenvalue weighted by Gasteiger charge is 2.34. The highest BCUT2D eigenvalue weighted by atomic mass is 16.5. The van der Waals surface area contributed by atoms with Crippen LogP contribution in [0.1, 0.15) is 23.1 Å². The third-order valence-corrected chi connectivity index (χ3v) is 5.87. The number of ether oxygens (including phenoxy) is 3. The highest BCUT2D eigenvalue weighted by Crippen LogP contribution is 2.25. The lowest BCUT2D eigenvalue weighted by molar-refractivity contribution is -0.130. The first-order valence-corrected chi connectivity index (χ1v) is 12.1. The van der Waals surface area contributed by atoms with Crippen LogP contribution in [0.3, 0.4) is 0 Å². The van der Waals surface area contributed by atoms with Crippen LogP contribution in [-0.4, -0.2) is 30.0 Å². The van der Waals surface area contributed by atoms with Gasteiger partial charge in [0.1, 0.15) is 6.10 Å². The van der Waals surface area contributed by atoms with Crippen LogP contribution in [0.5, 0.6) is 0 Å². The third-order valence-electron chi connectivity index (χ3n) is 5.87. The molecule has 184 valence electrons. The molecule has 4 atom stereocenters. The molecule has 4 heteroatoms. The molecule has 4 nitrogen and oxygen atoms in total. The molecule has 0 aliphatic carbocycles. The second-order valence-corrected chi connectivity index (χ2v) is 8.51. The molecule has 3 rings (SSSR count). The Kier molecular flexibility index (Phi) is 11.4. The molecular weight excluding hydrogens is 436 g/mol. The summed E-state index contributed by atoms with van der Waals surface area (Å²) >= 11 is 0. The van der Waals surface area contributed by atoms with Crippen LogP contribution in [0.25, 0.3) is 0 Å². The zero-order chi connectivity index (χ0) is 24.7. The average Bonchev–Trinajstić information content (AvgIpc) is 2.91. The first kappa shape index (κ1) is 26.6. The average molecular weight is 473 g/mol. The van der Waals surface area contributed by atoms with Gasteiger partial charge in [-0.15, -0.1) is 13.2 Å². The van der Waals surface area contributed by atoms with Crippen molar-refractivity contribution < 1.29 is 19.3 Å². The van der Waals surface area contributed by atoms with Crippen molar-refractivity contribution in [3.05, 3.63) is 133 Å². The van der Waals surface area contributed by atoms with E-state index in [2.05, 4.69) is 13.2 Å². The summed E-state index contributed by atoms with van der Waals surface area (Å²) in [6, 6.07) is 30.0. The van der Waals surface area contributed by atoms with E-state index in [4.69, 9.17) is 14.2 Å². The molecule has 0 heterocycles. The van der Waals surface area contributed by atoms with Crippen LogP contribution in [-0.2, 0) is 34.0 Å². The fourth-order valence-corrected chi connectivity index (χ4v) is 3.95. The molecule has 0 aromatic heterocycles. The van der Waals surface area contributed by atoms with Gasteiger partial charge in [0.15, 0.2) is 0 Å². The molecule has 1 N–H and O–H groups in total. The van der Waals surface area contributed by atoms with E-state index in [1.54, 1.807) is 12.2 Å². The number of hydrogen-bond donors (Lipinski definition) is 1. The summed E-state index contributed by atoms with van der Waals surface area (Å²) < 4.78 is 18.8. The van der Waals surface area contributed by atoms with E-state index >= 15 is 0 Å². The zero-order valence-corrected chi connectivity index (χ0v) is 20.2. The van der Waals surface area contributed by atoms with Gasteiger partial charge in [0.05, 0.1) is 38.6 Å². The minimum atomic E-state index is -0.702. The summed E-state index contributed by atoms with van der Waals surface area (Å²) in [5.41, 5.74) is 3.18. The summed E-state index contributed by atoms with van der Waals surface area (Å²) in [7, 11) is 0. The van der Waals surface area contributed by atoms with Crippen LogP contribution in [0.2, 0.25) is 0 Å². The standard InChI is InChI=1S/C31H36O4/c1-3-14-29(32)28(24-33-21-25-15-8-5-9-16-25)31(35-23-27-19-12-7-13-20-27)30(4-2)34-22-26-17-10-6-11-18-26/h3-13,15-20,28-32H,1-2,14,21-24H2/t28-,29+,30+,31+/m0/s1. The normalized spacial score (nSPS) is 14.5. The van der Waals surface area contributed by atoms with Crippen LogP contribution < -0.4 is 0 Å². The van der Waals surface area contributed by atoms with Crippen LogP contribution in [0.4, 0.5) is 0 Å². The maximum absolute atomic E-state index is 11.1. The van der Waals surface area contributed by atoms with Gasteiger partial charge in [0.2, 0.25) is 0 Å². The monoisotopic (exact) mass is 472 g/mol. The van der Waals surface area contributed by atoms with Crippen molar-refractivity contribution in [1.29, 1.82) is 0 Å². The summed E-state index contributed by atoms with van der Waals surface area (Å²) in [6.45, 7) is 9.39. The van der Waals surface area contributed by atoms with Crippen molar-refractivity contribution in [1.82, 2.24) is 0 Å². The van der Waals surface area contributed by atoms with Crippen molar-refractivity contribution in [3.8, 4) is 0 Å². The van der Waals surface area contributed by atoms with Gasteiger partial charge in [-0.1, -0.05) is 103 Å². The molecule has 35 heavy (non-hydrogen) atoms. The molecule has 0 saturated carbocycles. The number of aliphatic hydroxyl groups excluding tert-OH is 1. The van der Waals surface area contributed by atoms with Gasteiger partial charge in [-0.25, -0.2) is 0 Å². The predicted octanol–water partition coefficient (Wildman–Crippen LogP) is 6.11. The molecule has 0 amide bonds. The lowest BCUT2D eigenvalue weighted by Gasteiger charge is -2.34. The van der Waals surface area contributed by atoms with Crippen molar-refractivity contribution in [2.45, 2.75) is 44.6 Å². The minimum Gasteiger partial charge on any atom is -0.392 e. The second-order valence-electron chi connectivity index (χ2n) is 8.51. The fraction of sp³-hybridized carbons (Fsp3) is 0.290. The lowest BCUT2D eigenvalue weighted by atomic mass is 9.90. The highest BCUT2D eigenvalue weighted by molar-refractivity contribution is 5.15. The first-order valence-electron chi connectivity index (χ1n) is 12.1. The van der Waals surface area contributed by atoms with Gasteiger partial charge < -0.3 is 19.3 Å². The van der Waals surface area contributed by atoms with Gasteiger partial charge in [0, 0.05) is 5.92 Å². The van der Waals surface area contributed by atoms with E-state index in [-0.39, 0.29) is 5.92 Å². The van der Waals surface area contributed by atoms with E-state index in [9.17, 15) is 5.11 Å². The Morgan fingerprint density at radius 2 is 1.17 bits per heavy atom. The number of rotatable bonds is 16. The van der Waals surface area contributed by atoms with Crippen molar-refractivity contribution in [2.24, 2.45) is 5.92 Å². The maximum Gasteiger partial charge on any atom is 0.102 e. The molecule has 0 radical (unpaired) electrons. The van der Waals surface area contributed by atoms with Crippen molar-refractivity contribution in [3.63, 3.8) is 0 Å². The molecule has 0 aliphatic heterocycles. The molecule has 0 saturated heterocycles. The molecule has 0 fully saturated rings. The molecule has 0 spiro atoms. The molecule has 0 unspecified atom stereocenters. The third kappa shape index (κ3) is 8.93. The van der Waals surface area contributed by atoms with E-state index < -0.39 is 18.3 Å². The number of hydrogen-bond acceptors (Lipinski definition) is 4. The Labute approximate surface area is 209 Å². The lowest BCUT2D eigenvalue weighted by Crippen LogP contribution is -2.44. The molecular formula is C31H36O4. The van der Waals surface area contributed by atoms with Crippen LogP contribution in [0.15, 0.2) is 116 Å². The summed E-state index contributed by atoms with van der Waals surface area (Å²) in [4.78, 5) is 0. The Morgan fingerprint density at radius 3 is 1.66 bits per heavy atom. The van der Waals surface area contributed by atoms with Gasteiger partial charge in [-0.05, 0) is 23.1 Å².